The van der Waals surface area contributed by atoms with Gasteiger partial charge >= 0.3 is 11.8 Å². The fraction of sp³-hybridized carbons (Fsp3) is 0.630. The summed E-state index contributed by atoms with van der Waals surface area (Å²) in [6, 6.07) is 5.05. The number of hydrogen-bond acceptors (Lipinski definition) is 6. The minimum atomic E-state index is -0.877. The molecule has 4 heterocycles. The lowest BCUT2D eigenvalue weighted by Crippen LogP contribution is -2.61. The molecule has 1 aromatic heterocycles. The van der Waals surface area contributed by atoms with E-state index in [4.69, 9.17) is 4.74 Å². The maximum absolute atomic E-state index is 13.2. The first-order chi connectivity index (χ1) is 17.9. The Hall–Kier alpha value is -3.18. The first-order valence-corrected chi connectivity index (χ1v) is 13.3. The minimum absolute atomic E-state index is 0.0571. The number of carbonyl (C=O) groups is 3. The van der Waals surface area contributed by atoms with Crippen LogP contribution >= 0.6 is 0 Å². The zero-order chi connectivity index (χ0) is 27.4. The molecule has 11 heteroatoms. The second-order valence-corrected chi connectivity index (χ2v) is 11.9. The summed E-state index contributed by atoms with van der Waals surface area (Å²) < 4.78 is 9.82. The van der Waals surface area contributed by atoms with Crippen LogP contribution in [0.5, 0.6) is 0 Å². The molecular formula is C27H37N5O6. The van der Waals surface area contributed by atoms with Crippen molar-refractivity contribution in [3.05, 3.63) is 34.2 Å². The monoisotopic (exact) mass is 527 g/mol. The number of piperidine rings is 2. The van der Waals surface area contributed by atoms with Crippen molar-refractivity contribution < 1.29 is 24.2 Å². The normalized spacial score (nSPS) is 22.9. The number of nitrogens with one attached hydrogen (secondary N) is 1. The molecule has 1 aromatic carbocycles. The number of rotatable bonds is 5. The van der Waals surface area contributed by atoms with Gasteiger partial charge in [-0.15, -0.1) is 0 Å². The third-order valence-electron chi connectivity index (χ3n) is 8.63. The molecule has 5 rings (SSSR count). The minimum Gasteiger partial charge on any atom is -0.465 e. The Bertz CT molecular complexity index is 1320. The van der Waals surface area contributed by atoms with Crippen LogP contribution in [-0.4, -0.2) is 79.8 Å². The van der Waals surface area contributed by atoms with Gasteiger partial charge in [0.05, 0.1) is 22.7 Å². The number of para-hydroxylation sites is 1. The molecule has 2 N–H and O–H groups in total. The van der Waals surface area contributed by atoms with Gasteiger partial charge in [-0.05, 0) is 36.3 Å². The molecule has 0 spiro atoms. The molecule has 11 nitrogen and oxygen atoms in total. The number of likely N-dealkylation sites (tertiary alicyclic amines) is 2. The van der Waals surface area contributed by atoms with Crippen LogP contribution < -0.4 is 11.0 Å². The van der Waals surface area contributed by atoms with Crippen LogP contribution in [0.15, 0.2) is 23.0 Å². The second-order valence-electron chi connectivity index (χ2n) is 11.9. The summed E-state index contributed by atoms with van der Waals surface area (Å²) in [6.07, 6.45) is 1.04. The Labute approximate surface area is 221 Å². The standard InChI is InChI=1S/C27H37N5O6/c1-26(2,3)27(10-12-31(13-11-27)25(36)37)38-18-15-30(16-18)14-17-6-5-7-19-22(17)29(4)24(35)32(19)20-8-9-21(33)28-23(20)34/h5-7,18,20H,8-16H2,1-4H3,(H,36,37)(H,28,33,34). The number of aromatic nitrogens is 2. The van der Waals surface area contributed by atoms with Crippen molar-refractivity contribution in [2.45, 2.75) is 70.7 Å². The van der Waals surface area contributed by atoms with Gasteiger partial charge in [0, 0.05) is 46.2 Å². The Morgan fingerprint density at radius 3 is 2.45 bits per heavy atom. The van der Waals surface area contributed by atoms with Crippen LogP contribution in [-0.2, 0) is 27.9 Å². The smallest absolute Gasteiger partial charge is 0.407 e. The van der Waals surface area contributed by atoms with Crippen molar-refractivity contribution in [2.24, 2.45) is 12.5 Å². The number of hydrogen-bond donors (Lipinski definition) is 2. The van der Waals surface area contributed by atoms with Crippen LogP contribution in [0.4, 0.5) is 4.79 Å². The van der Waals surface area contributed by atoms with Crippen molar-refractivity contribution in [3.8, 4) is 0 Å². The van der Waals surface area contributed by atoms with E-state index >= 15 is 0 Å². The van der Waals surface area contributed by atoms with Gasteiger partial charge in [0.25, 0.3) is 0 Å². The topological polar surface area (TPSA) is 126 Å². The Morgan fingerprint density at radius 2 is 1.84 bits per heavy atom. The number of ether oxygens (including phenoxy) is 1. The summed E-state index contributed by atoms with van der Waals surface area (Å²) in [7, 11) is 1.72. The lowest BCUT2D eigenvalue weighted by molar-refractivity contribution is -0.207. The highest BCUT2D eigenvalue weighted by molar-refractivity contribution is 6.00. The Balaban J connectivity index is 1.30. The van der Waals surface area contributed by atoms with Crippen LogP contribution in [0, 0.1) is 5.41 Å². The van der Waals surface area contributed by atoms with Crippen molar-refractivity contribution in [2.75, 3.05) is 26.2 Å². The van der Waals surface area contributed by atoms with Gasteiger partial charge in [-0.25, -0.2) is 9.59 Å². The van der Waals surface area contributed by atoms with Crippen molar-refractivity contribution in [1.82, 2.24) is 24.3 Å². The molecule has 3 amide bonds. The highest BCUT2D eigenvalue weighted by Crippen LogP contribution is 2.44. The second kappa shape index (κ2) is 9.53. The van der Waals surface area contributed by atoms with E-state index in [1.165, 1.54) is 9.47 Å². The quantitative estimate of drug-likeness (QED) is 0.570. The zero-order valence-corrected chi connectivity index (χ0v) is 22.5. The molecule has 2 aromatic rings. The average Bonchev–Trinajstić information content (AvgIpc) is 3.08. The third-order valence-corrected chi connectivity index (χ3v) is 8.63. The van der Waals surface area contributed by atoms with Crippen LogP contribution in [0.3, 0.4) is 0 Å². The van der Waals surface area contributed by atoms with Crippen LogP contribution in [0.2, 0.25) is 0 Å². The maximum Gasteiger partial charge on any atom is 0.407 e. The predicted octanol–water partition coefficient (Wildman–Crippen LogP) is 2.08. The molecule has 0 saturated carbocycles. The number of imidazole rings is 1. The molecule has 1 unspecified atom stereocenters. The molecule has 3 aliphatic heterocycles. The molecule has 3 aliphatic rings. The molecule has 1 atom stereocenters. The van der Waals surface area contributed by atoms with E-state index in [-0.39, 0.29) is 35.1 Å². The van der Waals surface area contributed by atoms with E-state index in [1.807, 2.05) is 18.2 Å². The molecule has 0 aliphatic carbocycles. The molecule has 38 heavy (non-hydrogen) atoms. The van der Waals surface area contributed by atoms with Gasteiger partial charge in [-0.3, -0.25) is 28.9 Å². The third kappa shape index (κ3) is 4.51. The highest BCUT2D eigenvalue weighted by atomic mass is 16.5. The lowest BCUT2D eigenvalue weighted by atomic mass is 9.70. The van der Waals surface area contributed by atoms with E-state index in [1.54, 1.807) is 11.6 Å². The molecule has 206 valence electrons. The van der Waals surface area contributed by atoms with E-state index in [2.05, 4.69) is 31.0 Å². The van der Waals surface area contributed by atoms with Gasteiger partial charge in [0.2, 0.25) is 11.8 Å². The number of amides is 3. The van der Waals surface area contributed by atoms with E-state index < -0.39 is 18.0 Å². The number of benzene rings is 1. The molecule has 0 bridgehead atoms. The van der Waals surface area contributed by atoms with E-state index in [0.717, 1.165) is 24.2 Å². The number of carboxylic acid groups (broad SMARTS) is 1. The van der Waals surface area contributed by atoms with Crippen molar-refractivity contribution in [3.63, 3.8) is 0 Å². The SMILES string of the molecule is Cn1c(=O)n(C2CCC(=O)NC2=O)c2cccc(CN3CC(OC4(C(C)(C)C)CCN(C(=O)O)CC4)C3)c21. The molecule has 0 radical (unpaired) electrons. The number of carbonyl (C=O) groups excluding carboxylic acids is 2. The van der Waals surface area contributed by atoms with Gasteiger partial charge in [0.1, 0.15) is 6.04 Å². The Morgan fingerprint density at radius 1 is 1.16 bits per heavy atom. The van der Waals surface area contributed by atoms with Gasteiger partial charge < -0.3 is 14.7 Å². The summed E-state index contributed by atoms with van der Waals surface area (Å²) in [5.74, 6) is -0.749. The summed E-state index contributed by atoms with van der Waals surface area (Å²) in [4.78, 5) is 52.5. The maximum atomic E-state index is 13.2. The summed E-state index contributed by atoms with van der Waals surface area (Å²) in [6.45, 7) is 9.57. The number of aryl methyl sites for hydroxylation is 1. The number of nitrogens with zero attached hydrogens (tertiary/aromatic N) is 4. The summed E-state index contributed by atoms with van der Waals surface area (Å²) >= 11 is 0. The predicted molar refractivity (Wildman–Crippen MR) is 140 cm³/mol. The van der Waals surface area contributed by atoms with Crippen LogP contribution in [0.25, 0.3) is 11.0 Å². The van der Waals surface area contributed by atoms with E-state index in [0.29, 0.717) is 44.4 Å². The van der Waals surface area contributed by atoms with Crippen molar-refractivity contribution in [1.29, 1.82) is 0 Å². The summed E-state index contributed by atoms with van der Waals surface area (Å²) in [5.41, 5.74) is 1.70. The summed E-state index contributed by atoms with van der Waals surface area (Å²) in [5, 5.41) is 11.7. The van der Waals surface area contributed by atoms with E-state index in [9.17, 15) is 24.3 Å². The fourth-order valence-corrected chi connectivity index (χ4v) is 6.27. The highest BCUT2D eigenvalue weighted by Gasteiger charge is 2.48. The Kier molecular flexibility index (Phi) is 6.63. The first-order valence-electron chi connectivity index (χ1n) is 13.3. The van der Waals surface area contributed by atoms with Gasteiger partial charge in [-0.1, -0.05) is 32.9 Å². The van der Waals surface area contributed by atoms with Gasteiger partial charge in [-0.2, -0.15) is 0 Å². The largest absolute Gasteiger partial charge is 0.465 e. The number of imide groups is 1. The molecule has 3 saturated heterocycles. The molecular weight excluding hydrogens is 490 g/mol. The average molecular weight is 528 g/mol. The van der Waals surface area contributed by atoms with Crippen molar-refractivity contribution >= 4 is 28.9 Å². The zero-order valence-electron chi connectivity index (χ0n) is 22.5. The molecule has 3 fully saturated rings. The van der Waals surface area contributed by atoms with Gasteiger partial charge in [0.15, 0.2) is 0 Å². The number of fused-ring (bicyclic) bond motifs is 1. The van der Waals surface area contributed by atoms with Crippen LogP contribution in [0.1, 0.15) is 58.1 Å². The fourth-order valence-electron chi connectivity index (χ4n) is 6.27. The lowest BCUT2D eigenvalue weighted by Gasteiger charge is -2.53. The first kappa shape index (κ1) is 26.4.